The molecule has 0 aliphatic carbocycles. The molecule has 0 aliphatic heterocycles. The zero-order valence-corrected chi connectivity index (χ0v) is 40.1. The standard InChI is InChI=1S/C54H101NO5/c1-4-7-10-13-16-19-22-25-26-29-32-35-38-41-44-47-54(59)60-50(45-42-39-36-33-30-27-23-20-17-14-11-8-5-2)48-53(58)55-51(49-56)52(57)46-43-40-37-34-31-28-24-21-18-15-12-9-6-3/h8,11,14,17,20,23,50-52,56-57H,4-7,9-10,12-13,15-16,18-19,21-22,24-49H2,1-3H3,(H,55,58)/b11-8+,17-14+,23-20+. The van der Waals surface area contributed by atoms with E-state index in [9.17, 15) is 19.8 Å². The van der Waals surface area contributed by atoms with Crippen LogP contribution in [-0.4, -0.2) is 46.9 Å². The number of ether oxygens (including phenoxy) is 1. The molecule has 3 unspecified atom stereocenters. The topological polar surface area (TPSA) is 95.9 Å². The summed E-state index contributed by atoms with van der Waals surface area (Å²) < 4.78 is 5.93. The van der Waals surface area contributed by atoms with Crippen molar-refractivity contribution in [1.82, 2.24) is 5.32 Å². The molecule has 6 heteroatoms. The number of aliphatic hydroxyl groups is 2. The highest BCUT2D eigenvalue weighted by Gasteiger charge is 2.24. The maximum atomic E-state index is 13.2. The molecule has 0 aromatic rings. The number of nitrogens with one attached hydrogen (secondary N) is 1. The molecule has 0 fully saturated rings. The van der Waals surface area contributed by atoms with Gasteiger partial charge in [-0.1, -0.05) is 250 Å². The molecule has 0 aromatic heterocycles. The Kier molecular flexibility index (Phi) is 46.6. The van der Waals surface area contributed by atoms with Crippen LogP contribution in [-0.2, 0) is 14.3 Å². The van der Waals surface area contributed by atoms with Crippen LogP contribution in [0.3, 0.4) is 0 Å². The normalized spacial score (nSPS) is 13.5. The fourth-order valence-corrected chi connectivity index (χ4v) is 8.08. The van der Waals surface area contributed by atoms with E-state index in [1.54, 1.807) is 0 Å². The maximum absolute atomic E-state index is 13.2. The van der Waals surface area contributed by atoms with Crippen LogP contribution in [0.5, 0.6) is 0 Å². The number of aliphatic hydroxyl groups excluding tert-OH is 2. The molecule has 0 heterocycles. The Morgan fingerprint density at radius 2 is 0.900 bits per heavy atom. The van der Waals surface area contributed by atoms with Crippen molar-refractivity contribution in [3.05, 3.63) is 36.5 Å². The van der Waals surface area contributed by atoms with Crippen LogP contribution in [0.1, 0.15) is 271 Å². The van der Waals surface area contributed by atoms with Gasteiger partial charge in [0.1, 0.15) is 6.10 Å². The molecule has 3 N–H and O–H groups in total. The molecule has 0 aromatic carbocycles. The van der Waals surface area contributed by atoms with Crippen LogP contribution in [0, 0.1) is 0 Å². The smallest absolute Gasteiger partial charge is 0.306 e. The van der Waals surface area contributed by atoms with Gasteiger partial charge in [-0.15, -0.1) is 0 Å². The molecule has 0 radical (unpaired) electrons. The first-order valence-corrected chi connectivity index (χ1v) is 26.2. The third kappa shape index (κ3) is 42.8. The number of hydrogen-bond donors (Lipinski definition) is 3. The number of allylic oxidation sites excluding steroid dienone is 6. The van der Waals surface area contributed by atoms with Crippen molar-refractivity contribution < 1.29 is 24.5 Å². The van der Waals surface area contributed by atoms with Crippen LogP contribution in [0.15, 0.2) is 36.5 Å². The van der Waals surface area contributed by atoms with Crippen molar-refractivity contribution in [2.24, 2.45) is 0 Å². The molecule has 0 saturated heterocycles. The monoisotopic (exact) mass is 844 g/mol. The lowest BCUT2D eigenvalue weighted by Crippen LogP contribution is -2.46. The minimum Gasteiger partial charge on any atom is -0.462 e. The third-order valence-electron chi connectivity index (χ3n) is 12.0. The van der Waals surface area contributed by atoms with Gasteiger partial charge < -0.3 is 20.3 Å². The van der Waals surface area contributed by atoms with Gasteiger partial charge in [0.25, 0.3) is 0 Å². The van der Waals surface area contributed by atoms with Gasteiger partial charge in [-0.2, -0.15) is 0 Å². The molecule has 6 nitrogen and oxygen atoms in total. The van der Waals surface area contributed by atoms with Crippen molar-refractivity contribution >= 4 is 11.9 Å². The van der Waals surface area contributed by atoms with Gasteiger partial charge in [-0.3, -0.25) is 9.59 Å². The van der Waals surface area contributed by atoms with E-state index < -0.39 is 18.2 Å². The molecule has 1 amide bonds. The molecular formula is C54H101NO5. The average molecular weight is 844 g/mol. The Balaban J connectivity index is 4.56. The van der Waals surface area contributed by atoms with E-state index in [2.05, 4.69) is 62.5 Å². The fraction of sp³-hybridized carbons (Fsp3) is 0.852. The predicted octanol–water partition coefficient (Wildman–Crippen LogP) is 15.7. The van der Waals surface area contributed by atoms with Crippen LogP contribution in [0.2, 0.25) is 0 Å². The zero-order valence-electron chi connectivity index (χ0n) is 40.1. The summed E-state index contributed by atoms with van der Waals surface area (Å²) in [5.74, 6) is -0.482. The van der Waals surface area contributed by atoms with E-state index >= 15 is 0 Å². The number of hydrogen-bond acceptors (Lipinski definition) is 5. The second-order valence-corrected chi connectivity index (χ2v) is 18.0. The van der Waals surface area contributed by atoms with Gasteiger partial charge in [0.2, 0.25) is 5.91 Å². The predicted molar refractivity (Wildman–Crippen MR) is 259 cm³/mol. The van der Waals surface area contributed by atoms with E-state index in [0.717, 1.165) is 83.5 Å². The van der Waals surface area contributed by atoms with Gasteiger partial charge in [-0.25, -0.2) is 0 Å². The minimum absolute atomic E-state index is 0.0678. The largest absolute Gasteiger partial charge is 0.462 e. The Hall–Kier alpha value is -1.92. The van der Waals surface area contributed by atoms with Gasteiger partial charge in [0.05, 0.1) is 25.2 Å². The van der Waals surface area contributed by atoms with E-state index in [4.69, 9.17) is 4.74 Å². The number of esters is 1. The summed E-state index contributed by atoms with van der Waals surface area (Å²) in [6.45, 7) is 6.36. The highest BCUT2D eigenvalue weighted by molar-refractivity contribution is 5.77. The summed E-state index contributed by atoms with van der Waals surface area (Å²) in [7, 11) is 0. The van der Waals surface area contributed by atoms with E-state index in [0.29, 0.717) is 19.3 Å². The number of amides is 1. The van der Waals surface area contributed by atoms with Crippen LogP contribution >= 0.6 is 0 Å². The van der Waals surface area contributed by atoms with Crippen molar-refractivity contribution in [3.63, 3.8) is 0 Å². The lowest BCUT2D eigenvalue weighted by atomic mass is 10.0. The Morgan fingerprint density at radius 1 is 0.500 bits per heavy atom. The molecule has 0 aliphatic rings. The summed E-state index contributed by atoms with van der Waals surface area (Å²) in [5, 5.41) is 23.8. The lowest BCUT2D eigenvalue weighted by molar-refractivity contribution is -0.151. The Morgan fingerprint density at radius 3 is 1.35 bits per heavy atom. The summed E-state index contributed by atoms with van der Waals surface area (Å²) in [5.41, 5.74) is 0. The quantitative estimate of drug-likeness (QED) is 0.0322. The van der Waals surface area contributed by atoms with Gasteiger partial charge in [0, 0.05) is 6.42 Å². The number of carbonyl (C=O) groups is 2. The first-order chi connectivity index (χ1) is 29.5. The molecule has 60 heavy (non-hydrogen) atoms. The molecular weight excluding hydrogens is 743 g/mol. The number of carbonyl (C=O) groups excluding carboxylic acids is 2. The molecule has 0 spiro atoms. The van der Waals surface area contributed by atoms with Gasteiger partial charge in [-0.05, 0) is 44.9 Å². The van der Waals surface area contributed by atoms with Crippen molar-refractivity contribution in [2.45, 2.75) is 289 Å². The van der Waals surface area contributed by atoms with Gasteiger partial charge >= 0.3 is 5.97 Å². The van der Waals surface area contributed by atoms with E-state index in [-0.39, 0.29) is 24.9 Å². The molecule has 0 bridgehead atoms. The van der Waals surface area contributed by atoms with Crippen LogP contribution in [0.25, 0.3) is 0 Å². The van der Waals surface area contributed by atoms with E-state index in [1.807, 2.05) is 0 Å². The summed E-state index contributed by atoms with van der Waals surface area (Å²) in [6.07, 6.45) is 56.3. The third-order valence-corrected chi connectivity index (χ3v) is 12.0. The van der Waals surface area contributed by atoms with Crippen LogP contribution < -0.4 is 5.32 Å². The molecule has 352 valence electrons. The maximum Gasteiger partial charge on any atom is 0.306 e. The lowest BCUT2D eigenvalue weighted by Gasteiger charge is -2.24. The summed E-state index contributed by atoms with van der Waals surface area (Å²) >= 11 is 0. The Bertz CT molecular complexity index is 993. The van der Waals surface area contributed by atoms with Crippen molar-refractivity contribution in [1.29, 1.82) is 0 Å². The fourth-order valence-electron chi connectivity index (χ4n) is 8.08. The SMILES string of the molecule is CC/C=C/C=C/C=C/CCCCCCCC(CC(=O)NC(CO)C(O)CCCCCCCCCCCCCCC)OC(=O)CCCCCCCCCCCCCCCCC. The van der Waals surface area contributed by atoms with Gasteiger partial charge in [0.15, 0.2) is 0 Å². The second-order valence-electron chi connectivity index (χ2n) is 18.0. The van der Waals surface area contributed by atoms with Crippen molar-refractivity contribution in [3.8, 4) is 0 Å². The first kappa shape index (κ1) is 58.1. The number of unbranched alkanes of at least 4 members (excludes halogenated alkanes) is 31. The highest BCUT2D eigenvalue weighted by atomic mass is 16.5. The Labute approximate surface area is 373 Å². The molecule has 3 atom stereocenters. The van der Waals surface area contributed by atoms with E-state index in [1.165, 1.54) is 141 Å². The second kappa shape index (κ2) is 48.1. The van der Waals surface area contributed by atoms with Crippen LogP contribution in [0.4, 0.5) is 0 Å². The van der Waals surface area contributed by atoms with Crippen molar-refractivity contribution in [2.75, 3.05) is 6.61 Å². The summed E-state index contributed by atoms with van der Waals surface area (Å²) in [4.78, 5) is 26.1. The summed E-state index contributed by atoms with van der Waals surface area (Å²) in [6, 6.07) is -0.705. The minimum atomic E-state index is -0.790. The first-order valence-electron chi connectivity index (χ1n) is 26.2. The molecule has 0 rings (SSSR count). The highest BCUT2D eigenvalue weighted by Crippen LogP contribution is 2.18. The number of rotatable bonds is 47. The zero-order chi connectivity index (χ0) is 43.8. The average Bonchev–Trinajstić information content (AvgIpc) is 3.24. The molecule has 0 saturated carbocycles.